The van der Waals surface area contributed by atoms with Crippen LogP contribution < -0.4 is 5.32 Å². The van der Waals surface area contributed by atoms with Crippen LogP contribution in [0.5, 0.6) is 0 Å². The molecule has 6 heteroatoms. The van der Waals surface area contributed by atoms with Crippen molar-refractivity contribution >= 4 is 17.2 Å². The average molecular weight is 367 g/mol. The van der Waals surface area contributed by atoms with E-state index in [9.17, 15) is 9.18 Å². The Morgan fingerprint density at radius 3 is 2.69 bits per heavy atom. The van der Waals surface area contributed by atoms with Crippen molar-refractivity contribution in [3.05, 3.63) is 71.2 Å². The molecule has 0 unspecified atom stereocenters. The molecule has 3 aromatic rings. The second-order valence-electron chi connectivity index (χ2n) is 6.45. The lowest BCUT2D eigenvalue weighted by Crippen LogP contribution is -2.36. The summed E-state index contributed by atoms with van der Waals surface area (Å²) in [6.07, 6.45) is 5.54. The van der Waals surface area contributed by atoms with E-state index in [2.05, 4.69) is 15.3 Å². The van der Waals surface area contributed by atoms with Crippen molar-refractivity contribution in [3.8, 4) is 10.6 Å². The summed E-state index contributed by atoms with van der Waals surface area (Å²) in [5.41, 5.74) is 1.80. The van der Waals surface area contributed by atoms with Crippen LogP contribution >= 0.6 is 11.3 Å². The van der Waals surface area contributed by atoms with Gasteiger partial charge in [0.15, 0.2) is 0 Å². The van der Waals surface area contributed by atoms with Gasteiger partial charge in [0.1, 0.15) is 10.8 Å². The molecule has 0 bridgehead atoms. The Bertz CT molecular complexity index is 922. The third-order valence-corrected chi connectivity index (χ3v) is 5.66. The Kier molecular flexibility index (Phi) is 4.51. The number of carbonyl (C=O) groups excluding carboxylic acids is 1. The van der Waals surface area contributed by atoms with Crippen LogP contribution in [0, 0.1) is 5.82 Å². The van der Waals surface area contributed by atoms with Gasteiger partial charge in [-0.05, 0) is 31.0 Å². The molecular weight excluding hydrogens is 349 g/mol. The predicted molar refractivity (Wildman–Crippen MR) is 99.4 cm³/mol. The maximum absolute atomic E-state index is 14.0. The highest BCUT2D eigenvalue weighted by Gasteiger charge is 2.52. The number of hydrogen-bond acceptors (Lipinski definition) is 4. The first-order valence-corrected chi connectivity index (χ1v) is 9.45. The van der Waals surface area contributed by atoms with E-state index in [4.69, 9.17) is 0 Å². The molecule has 0 radical (unpaired) electrons. The summed E-state index contributed by atoms with van der Waals surface area (Å²) in [6.45, 7) is 0.495. The van der Waals surface area contributed by atoms with Crippen LogP contribution in [0.2, 0.25) is 0 Å². The Balaban J connectivity index is 1.36. The van der Waals surface area contributed by atoms with E-state index in [1.165, 1.54) is 6.07 Å². The number of aromatic nitrogens is 2. The molecular formula is C20H18FN3OS. The number of carbonyl (C=O) groups is 1. The van der Waals surface area contributed by atoms with Gasteiger partial charge < -0.3 is 5.32 Å². The summed E-state index contributed by atoms with van der Waals surface area (Å²) < 4.78 is 14.0. The maximum atomic E-state index is 14.0. The molecule has 0 atom stereocenters. The molecule has 132 valence electrons. The summed E-state index contributed by atoms with van der Waals surface area (Å²) in [5.74, 6) is -0.395. The van der Waals surface area contributed by atoms with Crippen molar-refractivity contribution < 1.29 is 9.18 Å². The van der Waals surface area contributed by atoms with Gasteiger partial charge in [0.25, 0.3) is 0 Å². The number of amides is 1. The minimum atomic E-state index is -0.685. The lowest BCUT2D eigenvalue weighted by atomic mass is 9.94. The Morgan fingerprint density at radius 2 is 1.96 bits per heavy atom. The molecule has 1 aliphatic rings. The van der Waals surface area contributed by atoms with Crippen molar-refractivity contribution in [2.45, 2.75) is 24.7 Å². The van der Waals surface area contributed by atoms with E-state index in [1.54, 1.807) is 41.9 Å². The number of pyridine rings is 1. The molecule has 1 amide bonds. The molecule has 0 aliphatic heterocycles. The third kappa shape index (κ3) is 3.24. The van der Waals surface area contributed by atoms with Crippen LogP contribution in [0.15, 0.2) is 54.2 Å². The maximum Gasteiger partial charge on any atom is 0.230 e. The lowest BCUT2D eigenvalue weighted by molar-refractivity contribution is -0.123. The molecule has 4 rings (SSSR count). The summed E-state index contributed by atoms with van der Waals surface area (Å²) in [7, 11) is 0. The standard InChI is InChI=1S/C20H18FN3OS/c21-17-4-2-1-3-16(17)20(8-9-20)19(25)23-12-7-15-13-26-18(24-15)14-5-10-22-11-6-14/h1-6,10-11,13H,7-9,12H2,(H,23,25). The van der Waals surface area contributed by atoms with Crippen molar-refractivity contribution in [1.29, 1.82) is 0 Å². The lowest BCUT2D eigenvalue weighted by Gasteiger charge is -2.16. The molecule has 26 heavy (non-hydrogen) atoms. The van der Waals surface area contributed by atoms with Gasteiger partial charge in [0.2, 0.25) is 5.91 Å². The largest absolute Gasteiger partial charge is 0.355 e. The van der Waals surface area contributed by atoms with Gasteiger partial charge in [-0.15, -0.1) is 11.3 Å². The summed E-state index contributed by atoms with van der Waals surface area (Å²) in [4.78, 5) is 21.2. The average Bonchev–Trinajstić information content (AvgIpc) is 3.34. The highest BCUT2D eigenvalue weighted by Crippen LogP contribution is 2.49. The molecule has 1 fully saturated rings. The fraction of sp³-hybridized carbons (Fsp3) is 0.250. The highest BCUT2D eigenvalue weighted by atomic mass is 32.1. The second-order valence-corrected chi connectivity index (χ2v) is 7.31. The third-order valence-electron chi connectivity index (χ3n) is 4.72. The zero-order valence-corrected chi connectivity index (χ0v) is 14.9. The number of benzene rings is 1. The molecule has 0 spiro atoms. The van der Waals surface area contributed by atoms with E-state index < -0.39 is 5.41 Å². The van der Waals surface area contributed by atoms with Gasteiger partial charge in [-0.2, -0.15) is 0 Å². The number of nitrogens with one attached hydrogen (secondary N) is 1. The molecule has 1 N–H and O–H groups in total. The van der Waals surface area contributed by atoms with Gasteiger partial charge in [-0.25, -0.2) is 9.37 Å². The minimum absolute atomic E-state index is 0.0906. The molecule has 1 aromatic carbocycles. The first-order valence-electron chi connectivity index (χ1n) is 8.57. The van der Waals surface area contributed by atoms with Crippen LogP contribution in [0.1, 0.15) is 24.1 Å². The zero-order valence-electron chi connectivity index (χ0n) is 14.1. The van der Waals surface area contributed by atoms with Crippen LogP contribution in [0.3, 0.4) is 0 Å². The van der Waals surface area contributed by atoms with E-state index in [-0.39, 0.29) is 11.7 Å². The molecule has 4 nitrogen and oxygen atoms in total. The van der Waals surface area contributed by atoms with Gasteiger partial charge in [-0.3, -0.25) is 9.78 Å². The van der Waals surface area contributed by atoms with E-state index in [0.29, 0.717) is 31.4 Å². The first kappa shape index (κ1) is 16.8. The summed E-state index contributed by atoms with van der Waals surface area (Å²) in [6, 6.07) is 10.4. The SMILES string of the molecule is O=C(NCCc1csc(-c2ccncc2)n1)C1(c2ccccc2F)CC1. The quantitative estimate of drug-likeness (QED) is 0.722. The highest BCUT2D eigenvalue weighted by molar-refractivity contribution is 7.13. The fourth-order valence-electron chi connectivity index (χ4n) is 3.12. The van der Waals surface area contributed by atoms with Crippen LogP contribution in [0.4, 0.5) is 4.39 Å². The van der Waals surface area contributed by atoms with Crippen LogP contribution in [0.25, 0.3) is 10.6 Å². The number of nitrogens with zero attached hydrogens (tertiary/aromatic N) is 2. The number of halogens is 1. The van der Waals surface area contributed by atoms with Crippen LogP contribution in [-0.2, 0) is 16.6 Å². The fourth-order valence-corrected chi connectivity index (χ4v) is 3.98. The molecule has 1 saturated carbocycles. The van der Waals surface area contributed by atoms with Gasteiger partial charge in [0, 0.05) is 41.9 Å². The van der Waals surface area contributed by atoms with E-state index >= 15 is 0 Å². The monoisotopic (exact) mass is 367 g/mol. The molecule has 2 heterocycles. The van der Waals surface area contributed by atoms with Crippen molar-refractivity contribution in [2.24, 2.45) is 0 Å². The predicted octanol–water partition coefficient (Wildman–Crippen LogP) is 3.73. The Hall–Kier alpha value is -2.60. The number of thiazole rings is 1. The van der Waals surface area contributed by atoms with Crippen LogP contribution in [-0.4, -0.2) is 22.4 Å². The number of hydrogen-bond donors (Lipinski definition) is 1. The van der Waals surface area contributed by atoms with Gasteiger partial charge in [-0.1, -0.05) is 18.2 Å². The van der Waals surface area contributed by atoms with Gasteiger partial charge >= 0.3 is 0 Å². The Morgan fingerprint density at radius 1 is 1.19 bits per heavy atom. The zero-order chi connectivity index (χ0) is 18.0. The topological polar surface area (TPSA) is 54.9 Å². The normalized spacial score (nSPS) is 14.8. The molecule has 2 aromatic heterocycles. The summed E-state index contributed by atoms with van der Waals surface area (Å²) in [5, 5.41) is 5.91. The minimum Gasteiger partial charge on any atom is -0.355 e. The van der Waals surface area contributed by atoms with Crippen molar-refractivity contribution in [2.75, 3.05) is 6.54 Å². The van der Waals surface area contributed by atoms with E-state index in [1.807, 2.05) is 17.5 Å². The number of rotatable bonds is 6. The summed E-state index contributed by atoms with van der Waals surface area (Å²) >= 11 is 1.58. The molecule has 1 aliphatic carbocycles. The molecule has 0 saturated heterocycles. The van der Waals surface area contributed by atoms with Gasteiger partial charge in [0.05, 0.1) is 11.1 Å². The second kappa shape index (κ2) is 6.96. The Labute approximate surface area is 155 Å². The van der Waals surface area contributed by atoms with E-state index in [0.717, 1.165) is 16.3 Å². The van der Waals surface area contributed by atoms with Crippen molar-refractivity contribution in [1.82, 2.24) is 15.3 Å². The van der Waals surface area contributed by atoms with Crippen molar-refractivity contribution in [3.63, 3.8) is 0 Å². The first-order chi connectivity index (χ1) is 12.7. The smallest absolute Gasteiger partial charge is 0.230 e.